The molecular weight excluding hydrogens is 477 g/mol. The molecule has 0 unspecified atom stereocenters. The zero-order valence-electron chi connectivity index (χ0n) is 20.0. The average Bonchev–Trinajstić information content (AvgIpc) is 3.34. The van der Waals surface area contributed by atoms with Gasteiger partial charge in [0.05, 0.1) is 18.7 Å². The Morgan fingerprint density at radius 3 is 2.47 bits per heavy atom. The van der Waals surface area contributed by atoms with Gasteiger partial charge in [0.15, 0.2) is 5.13 Å². The van der Waals surface area contributed by atoms with E-state index in [1.165, 1.54) is 23.0 Å². The molecule has 3 aromatic carbocycles. The van der Waals surface area contributed by atoms with Crippen LogP contribution in [0.1, 0.15) is 33.5 Å². The topological polar surface area (TPSA) is 82.5 Å². The minimum Gasteiger partial charge on any atom is -0.481 e. The summed E-state index contributed by atoms with van der Waals surface area (Å²) in [5.74, 6) is -1.59. The SMILES string of the molecule is Cc1ccc(N(Cc2ccc(C(=O)NCCC(=O)O)cc2)c2nc(-c3ccccc3F)cs2)cc1C. The standard InChI is InChI=1S/C28H26FN3O3S/c1-18-7-12-22(15-19(18)2)32(28-31-25(17-36-28)23-5-3-4-6-24(23)29)16-20-8-10-21(11-9-20)27(35)30-14-13-26(33)34/h3-12,15,17H,13-14,16H2,1-2H3,(H,30,35)(H,33,34). The molecule has 0 saturated carbocycles. The molecule has 1 aromatic heterocycles. The molecule has 4 rings (SSSR count). The first-order valence-electron chi connectivity index (χ1n) is 11.5. The third-order valence-electron chi connectivity index (χ3n) is 5.86. The van der Waals surface area contributed by atoms with E-state index < -0.39 is 5.97 Å². The van der Waals surface area contributed by atoms with Crippen molar-refractivity contribution in [1.29, 1.82) is 0 Å². The summed E-state index contributed by atoms with van der Waals surface area (Å²) < 4.78 is 14.4. The zero-order valence-corrected chi connectivity index (χ0v) is 20.8. The van der Waals surface area contributed by atoms with Gasteiger partial charge in [-0.15, -0.1) is 11.3 Å². The summed E-state index contributed by atoms with van der Waals surface area (Å²) in [5, 5.41) is 13.9. The second kappa shape index (κ2) is 11.1. The Kier molecular flexibility index (Phi) is 7.75. The molecule has 0 aliphatic rings. The number of aromatic nitrogens is 1. The van der Waals surface area contributed by atoms with Gasteiger partial charge in [-0.1, -0.05) is 30.3 Å². The first kappa shape index (κ1) is 25.1. The van der Waals surface area contributed by atoms with Gasteiger partial charge < -0.3 is 15.3 Å². The van der Waals surface area contributed by atoms with E-state index in [4.69, 9.17) is 10.1 Å². The normalized spacial score (nSPS) is 10.8. The maximum atomic E-state index is 14.4. The number of carbonyl (C=O) groups is 2. The molecule has 8 heteroatoms. The molecule has 0 saturated heterocycles. The molecule has 0 fully saturated rings. The Hall–Kier alpha value is -4.04. The molecule has 184 valence electrons. The lowest BCUT2D eigenvalue weighted by Crippen LogP contribution is -2.26. The van der Waals surface area contributed by atoms with Crippen LogP contribution in [0.3, 0.4) is 0 Å². The molecule has 4 aromatic rings. The minimum absolute atomic E-state index is 0.0743. The number of aliphatic carboxylic acids is 1. The van der Waals surface area contributed by atoms with Crippen molar-refractivity contribution >= 4 is 34.0 Å². The van der Waals surface area contributed by atoms with Crippen LogP contribution in [0, 0.1) is 19.7 Å². The number of carboxylic acid groups (broad SMARTS) is 1. The molecule has 0 atom stereocenters. The van der Waals surface area contributed by atoms with Crippen LogP contribution in [-0.2, 0) is 11.3 Å². The van der Waals surface area contributed by atoms with E-state index in [0.717, 1.165) is 21.9 Å². The van der Waals surface area contributed by atoms with Crippen molar-refractivity contribution in [2.24, 2.45) is 0 Å². The van der Waals surface area contributed by atoms with Gasteiger partial charge >= 0.3 is 5.97 Å². The number of amides is 1. The lowest BCUT2D eigenvalue weighted by atomic mass is 10.1. The minimum atomic E-state index is -0.961. The fourth-order valence-electron chi connectivity index (χ4n) is 3.67. The van der Waals surface area contributed by atoms with Gasteiger partial charge in [-0.3, -0.25) is 9.59 Å². The van der Waals surface area contributed by atoms with E-state index in [1.54, 1.807) is 30.3 Å². The van der Waals surface area contributed by atoms with Crippen molar-refractivity contribution < 1.29 is 19.1 Å². The summed E-state index contributed by atoms with van der Waals surface area (Å²) in [5.41, 5.74) is 5.74. The van der Waals surface area contributed by atoms with E-state index in [-0.39, 0.29) is 24.7 Å². The fraction of sp³-hybridized carbons (Fsp3) is 0.179. The number of anilines is 2. The van der Waals surface area contributed by atoms with Crippen LogP contribution >= 0.6 is 11.3 Å². The Morgan fingerprint density at radius 1 is 1.03 bits per heavy atom. The van der Waals surface area contributed by atoms with Gasteiger partial charge in [0.25, 0.3) is 5.91 Å². The van der Waals surface area contributed by atoms with Crippen LogP contribution in [-0.4, -0.2) is 28.5 Å². The Morgan fingerprint density at radius 2 is 1.78 bits per heavy atom. The maximum absolute atomic E-state index is 14.4. The van der Waals surface area contributed by atoms with Crippen molar-refractivity contribution in [1.82, 2.24) is 10.3 Å². The molecule has 36 heavy (non-hydrogen) atoms. The Balaban J connectivity index is 1.60. The summed E-state index contributed by atoms with van der Waals surface area (Å²) in [6, 6.07) is 20.0. The second-order valence-electron chi connectivity index (χ2n) is 8.45. The number of nitrogens with one attached hydrogen (secondary N) is 1. The highest BCUT2D eigenvalue weighted by Gasteiger charge is 2.17. The Labute approximate surface area is 213 Å². The predicted molar refractivity (Wildman–Crippen MR) is 140 cm³/mol. The third kappa shape index (κ3) is 5.95. The van der Waals surface area contributed by atoms with Gasteiger partial charge in [0.1, 0.15) is 5.82 Å². The lowest BCUT2D eigenvalue weighted by Gasteiger charge is -2.23. The number of benzene rings is 3. The fourth-order valence-corrected chi connectivity index (χ4v) is 4.52. The molecule has 0 bridgehead atoms. The number of halogens is 1. The highest BCUT2D eigenvalue weighted by molar-refractivity contribution is 7.14. The van der Waals surface area contributed by atoms with Gasteiger partial charge in [-0.05, 0) is 66.9 Å². The van der Waals surface area contributed by atoms with Crippen LogP contribution in [0.25, 0.3) is 11.3 Å². The first-order valence-corrected chi connectivity index (χ1v) is 12.3. The molecule has 0 aliphatic carbocycles. The van der Waals surface area contributed by atoms with Crippen LogP contribution in [0.5, 0.6) is 0 Å². The van der Waals surface area contributed by atoms with Crippen molar-refractivity contribution in [3.05, 3.63) is 100 Å². The van der Waals surface area contributed by atoms with Crippen molar-refractivity contribution in [2.45, 2.75) is 26.8 Å². The van der Waals surface area contributed by atoms with Gasteiger partial charge in [0, 0.05) is 28.7 Å². The summed E-state index contributed by atoms with van der Waals surface area (Å²) in [7, 11) is 0. The van der Waals surface area contributed by atoms with Crippen LogP contribution in [0.15, 0.2) is 72.1 Å². The summed E-state index contributed by atoms with van der Waals surface area (Å²) in [4.78, 5) is 29.8. The van der Waals surface area contributed by atoms with Crippen molar-refractivity contribution in [3.63, 3.8) is 0 Å². The maximum Gasteiger partial charge on any atom is 0.305 e. The lowest BCUT2D eigenvalue weighted by molar-refractivity contribution is -0.136. The highest BCUT2D eigenvalue weighted by Crippen LogP contribution is 2.35. The van der Waals surface area contributed by atoms with E-state index >= 15 is 0 Å². The molecule has 1 heterocycles. The zero-order chi connectivity index (χ0) is 25.7. The van der Waals surface area contributed by atoms with Gasteiger partial charge in [-0.25, -0.2) is 9.37 Å². The predicted octanol–water partition coefficient (Wildman–Crippen LogP) is 6.11. The highest BCUT2D eigenvalue weighted by atomic mass is 32.1. The number of nitrogens with zero attached hydrogens (tertiary/aromatic N) is 2. The van der Waals surface area contributed by atoms with Crippen LogP contribution in [0.4, 0.5) is 15.2 Å². The quantitative estimate of drug-likeness (QED) is 0.288. The number of aryl methyl sites for hydroxylation is 2. The second-order valence-corrected chi connectivity index (χ2v) is 9.28. The summed E-state index contributed by atoms with van der Waals surface area (Å²) in [6.07, 6.45) is -0.128. The molecule has 6 nitrogen and oxygen atoms in total. The summed E-state index contributed by atoms with van der Waals surface area (Å²) in [6.45, 7) is 4.68. The van der Waals surface area contributed by atoms with Crippen LogP contribution in [0.2, 0.25) is 0 Å². The van der Waals surface area contributed by atoms with Gasteiger partial charge in [0.2, 0.25) is 0 Å². The third-order valence-corrected chi connectivity index (χ3v) is 6.72. The monoisotopic (exact) mass is 503 g/mol. The first-order chi connectivity index (χ1) is 17.3. The van der Waals surface area contributed by atoms with Crippen molar-refractivity contribution in [2.75, 3.05) is 11.4 Å². The van der Waals surface area contributed by atoms with E-state index in [2.05, 4.69) is 36.2 Å². The van der Waals surface area contributed by atoms with E-state index in [9.17, 15) is 14.0 Å². The smallest absolute Gasteiger partial charge is 0.305 e. The van der Waals surface area contributed by atoms with Crippen molar-refractivity contribution in [3.8, 4) is 11.3 Å². The molecule has 0 radical (unpaired) electrons. The molecule has 1 amide bonds. The number of carbonyl (C=O) groups excluding carboxylic acids is 1. The molecule has 0 spiro atoms. The van der Waals surface area contributed by atoms with Crippen LogP contribution < -0.4 is 10.2 Å². The number of thiazole rings is 1. The van der Waals surface area contributed by atoms with E-state index in [0.29, 0.717) is 23.4 Å². The molecule has 2 N–H and O–H groups in total. The van der Waals surface area contributed by atoms with E-state index in [1.807, 2.05) is 23.6 Å². The number of hydrogen-bond acceptors (Lipinski definition) is 5. The number of hydrogen-bond donors (Lipinski definition) is 2. The largest absolute Gasteiger partial charge is 0.481 e. The average molecular weight is 504 g/mol. The van der Waals surface area contributed by atoms with Gasteiger partial charge in [-0.2, -0.15) is 0 Å². The summed E-state index contributed by atoms with van der Waals surface area (Å²) >= 11 is 1.44. The molecular formula is C28H26FN3O3S. The molecule has 0 aliphatic heterocycles. The number of carboxylic acids is 1. The number of rotatable bonds is 9. The Bertz CT molecular complexity index is 1390.